The third-order valence-corrected chi connectivity index (χ3v) is 8.64. The highest BCUT2D eigenvalue weighted by molar-refractivity contribution is 7.89. The molecule has 2 aliphatic rings. The molecule has 5 rings (SSSR count). The number of aromatic nitrogens is 3. The molecule has 0 bridgehead atoms. The normalized spacial score (nSPS) is 16.5. The van der Waals surface area contributed by atoms with Crippen LogP contribution in [0.15, 0.2) is 30.3 Å². The molecule has 1 N–H and O–H groups in total. The molecule has 2 aliphatic carbocycles. The minimum Gasteiger partial charge on any atom is -0.493 e. The molecule has 184 valence electrons. The fraction of sp³-hybridized carbons (Fsp3) is 0.417. The summed E-state index contributed by atoms with van der Waals surface area (Å²) in [4.78, 5) is 29.8. The molecule has 0 aliphatic heterocycles. The van der Waals surface area contributed by atoms with Crippen LogP contribution in [-0.2, 0) is 26.7 Å². The summed E-state index contributed by atoms with van der Waals surface area (Å²) < 4.78 is 32.3. The number of Topliss-reactive ketones (excluding diaryl/α,β-unsaturated/α-hetero) is 1. The number of ether oxygens (including phenoxy) is 1. The number of hydrogen-bond donors (Lipinski definition) is 1. The Morgan fingerprint density at radius 1 is 1.20 bits per heavy atom. The van der Waals surface area contributed by atoms with Crippen LogP contribution in [0.4, 0.5) is 0 Å². The van der Waals surface area contributed by atoms with Crippen molar-refractivity contribution >= 4 is 27.4 Å². The largest absolute Gasteiger partial charge is 0.493 e. The van der Waals surface area contributed by atoms with E-state index in [1.165, 1.54) is 14.1 Å². The van der Waals surface area contributed by atoms with Crippen LogP contribution < -0.4 is 10.1 Å². The number of aryl methyl sites for hydroxylation is 1. The van der Waals surface area contributed by atoms with E-state index in [9.17, 15) is 18.0 Å². The van der Waals surface area contributed by atoms with E-state index in [0.29, 0.717) is 36.5 Å². The number of ketones is 1. The third kappa shape index (κ3) is 3.98. The molecule has 1 aromatic carbocycles. The first-order chi connectivity index (χ1) is 16.7. The molecule has 3 aromatic rings. The quantitative estimate of drug-likeness (QED) is 0.501. The van der Waals surface area contributed by atoms with Gasteiger partial charge in [-0.2, -0.15) is 0 Å². The molecule has 10 nitrogen and oxygen atoms in total. The third-order valence-electron chi connectivity index (χ3n) is 6.81. The topological polar surface area (TPSA) is 123 Å². The van der Waals surface area contributed by atoms with Gasteiger partial charge in [0.25, 0.3) is 0 Å². The summed E-state index contributed by atoms with van der Waals surface area (Å²) in [5, 5.41) is 7.47. The molecule has 11 heteroatoms. The lowest BCUT2D eigenvalue weighted by Crippen LogP contribution is -2.39. The van der Waals surface area contributed by atoms with Gasteiger partial charge in [-0.3, -0.25) is 9.59 Å². The highest BCUT2D eigenvalue weighted by Crippen LogP contribution is 2.47. The number of carbonyl (C=O) groups is 2. The number of nitrogens with one attached hydrogen (secondary N) is 1. The minimum absolute atomic E-state index is 0.0108. The van der Waals surface area contributed by atoms with Crippen molar-refractivity contribution in [1.29, 1.82) is 0 Å². The monoisotopic (exact) mass is 497 g/mol. The number of hydrogen-bond acceptors (Lipinski definition) is 7. The van der Waals surface area contributed by atoms with Crippen LogP contribution in [0.1, 0.15) is 41.0 Å². The molecule has 1 saturated carbocycles. The Hall–Kier alpha value is -3.31. The lowest BCUT2D eigenvalue weighted by atomic mass is 10.0. The smallest absolute Gasteiger partial charge is 0.234 e. The first-order valence-corrected chi connectivity index (χ1v) is 13.1. The van der Waals surface area contributed by atoms with Crippen LogP contribution in [0.25, 0.3) is 16.9 Å². The zero-order valence-electron chi connectivity index (χ0n) is 19.9. The molecule has 2 heterocycles. The van der Waals surface area contributed by atoms with Crippen molar-refractivity contribution in [2.45, 2.75) is 31.1 Å². The Morgan fingerprint density at radius 3 is 2.66 bits per heavy atom. The van der Waals surface area contributed by atoms with Gasteiger partial charge in [0.05, 0.1) is 18.6 Å². The van der Waals surface area contributed by atoms with Gasteiger partial charge in [-0.1, -0.05) is 12.1 Å². The second-order valence-electron chi connectivity index (χ2n) is 9.19. The lowest BCUT2D eigenvalue weighted by molar-refractivity contribution is -0.123. The Bertz CT molecular complexity index is 1460. The van der Waals surface area contributed by atoms with Crippen molar-refractivity contribution in [2.75, 3.05) is 33.5 Å². The fourth-order valence-corrected chi connectivity index (χ4v) is 5.18. The second kappa shape index (κ2) is 8.42. The summed E-state index contributed by atoms with van der Waals surface area (Å²) in [7, 11) is 1.06. The van der Waals surface area contributed by atoms with E-state index in [1.807, 2.05) is 30.3 Å². The van der Waals surface area contributed by atoms with E-state index in [1.54, 1.807) is 11.6 Å². The summed E-state index contributed by atoms with van der Waals surface area (Å²) in [5.74, 6) is 0.609. The molecule has 0 radical (unpaired) electrons. The number of rotatable bonds is 8. The maximum absolute atomic E-state index is 13.1. The number of sulfonamides is 1. The Morgan fingerprint density at radius 2 is 1.97 bits per heavy atom. The Balaban J connectivity index is 1.47. The van der Waals surface area contributed by atoms with Crippen molar-refractivity contribution in [3.63, 3.8) is 0 Å². The molecular weight excluding hydrogens is 470 g/mol. The molecular formula is C24H27N5O5S. The zero-order chi connectivity index (χ0) is 25.0. The van der Waals surface area contributed by atoms with Crippen molar-refractivity contribution in [3.05, 3.63) is 47.3 Å². The van der Waals surface area contributed by atoms with Crippen LogP contribution in [-0.4, -0.2) is 72.5 Å². The van der Waals surface area contributed by atoms with Crippen LogP contribution in [0.3, 0.4) is 0 Å². The molecule has 1 amide bonds. The van der Waals surface area contributed by atoms with Crippen molar-refractivity contribution in [1.82, 2.24) is 24.2 Å². The maximum atomic E-state index is 13.1. The van der Waals surface area contributed by atoms with Crippen LogP contribution in [0, 0.1) is 0 Å². The van der Waals surface area contributed by atoms with E-state index in [0.717, 1.165) is 33.1 Å². The second-order valence-corrected chi connectivity index (χ2v) is 11.5. The standard InChI is InChI=1S/C24H27N5O5S/c1-28(2)35(32,33)13-12-25-23(31)24(10-11-24)22-26-21-20(34-3)9-7-18(29(21)27-22)16-4-6-17-15(14-16)5-8-19(17)30/h4,6-7,9,14H,5,8,10-13H2,1-3H3,(H,25,31). The average Bonchev–Trinajstić information content (AvgIpc) is 3.39. The molecule has 0 spiro atoms. The van der Waals surface area contributed by atoms with Crippen molar-refractivity contribution in [3.8, 4) is 17.0 Å². The van der Waals surface area contributed by atoms with Crippen LogP contribution in [0.5, 0.6) is 5.75 Å². The molecule has 35 heavy (non-hydrogen) atoms. The SMILES string of the molecule is COc1ccc(-c2ccc3c(c2)CCC3=O)n2nc(C3(C(=O)NCCS(=O)(=O)N(C)C)CC3)nc12. The number of methoxy groups -OCH3 is 1. The number of pyridine rings is 1. The van der Waals surface area contributed by atoms with E-state index in [2.05, 4.69) is 10.3 Å². The molecule has 0 saturated heterocycles. The Kier molecular flexibility index (Phi) is 5.64. The number of nitrogens with zero attached hydrogens (tertiary/aromatic N) is 4. The van der Waals surface area contributed by atoms with E-state index in [-0.39, 0.29) is 24.0 Å². The molecule has 0 atom stereocenters. The summed E-state index contributed by atoms with van der Waals surface area (Å²) in [6, 6.07) is 9.45. The maximum Gasteiger partial charge on any atom is 0.234 e. The van der Waals surface area contributed by atoms with Gasteiger partial charge in [-0.15, -0.1) is 5.10 Å². The lowest BCUT2D eigenvalue weighted by Gasteiger charge is -2.14. The van der Waals surface area contributed by atoms with Gasteiger partial charge in [0.15, 0.2) is 23.0 Å². The van der Waals surface area contributed by atoms with E-state index in [4.69, 9.17) is 9.84 Å². The highest BCUT2D eigenvalue weighted by atomic mass is 32.2. The number of benzene rings is 1. The van der Waals surface area contributed by atoms with Crippen LogP contribution >= 0.6 is 0 Å². The highest BCUT2D eigenvalue weighted by Gasteiger charge is 2.55. The van der Waals surface area contributed by atoms with Crippen molar-refractivity contribution in [2.24, 2.45) is 0 Å². The van der Waals surface area contributed by atoms with Gasteiger partial charge in [0, 0.05) is 38.2 Å². The zero-order valence-corrected chi connectivity index (χ0v) is 20.7. The summed E-state index contributed by atoms with van der Waals surface area (Å²) in [5.41, 5.74) is 3.05. The number of amides is 1. The van der Waals surface area contributed by atoms with Gasteiger partial charge in [-0.25, -0.2) is 22.2 Å². The average molecular weight is 498 g/mol. The first-order valence-electron chi connectivity index (χ1n) is 11.5. The summed E-state index contributed by atoms with van der Waals surface area (Å²) in [6.07, 6.45) is 2.40. The summed E-state index contributed by atoms with van der Waals surface area (Å²) in [6.45, 7) is 0.0108. The minimum atomic E-state index is -3.41. The predicted molar refractivity (Wildman–Crippen MR) is 129 cm³/mol. The van der Waals surface area contributed by atoms with E-state index >= 15 is 0 Å². The van der Waals surface area contributed by atoms with E-state index < -0.39 is 15.4 Å². The number of fused-ring (bicyclic) bond motifs is 2. The molecule has 0 unspecified atom stereocenters. The van der Waals surface area contributed by atoms with Crippen molar-refractivity contribution < 1.29 is 22.7 Å². The van der Waals surface area contributed by atoms with Gasteiger partial charge in [0.2, 0.25) is 15.9 Å². The van der Waals surface area contributed by atoms with Crippen LogP contribution in [0.2, 0.25) is 0 Å². The summed E-state index contributed by atoms with van der Waals surface area (Å²) >= 11 is 0. The predicted octanol–water partition coefficient (Wildman–Crippen LogP) is 1.57. The first kappa shape index (κ1) is 23.4. The Labute approximate surface area is 203 Å². The molecule has 2 aromatic heterocycles. The van der Waals surface area contributed by atoms with Gasteiger partial charge in [0.1, 0.15) is 5.41 Å². The van der Waals surface area contributed by atoms with Gasteiger partial charge in [-0.05, 0) is 43.0 Å². The fourth-order valence-electron chi connectivity index (χ4n) is 4.46. The van der Waals surface area contributed by atoms with Gasteiger partial charge < -0.3 is 10.1 Å². The van der Waals surface area contributed by atoms with Gasteiger partial charge >= 0.3 is 0 Å². The number of carbonyl (C=O) groups excluding carboxylic acids is 2. The molecule has 1 fully saturated rings.